The highest BCUT2D eigenvalue weighted by atomic mass is 79.9. The zero-order chi connectivity index (χ0) is 14.5. The van der Waals surface area contributed by atoms with Gasteiger partial charge in [0.1, 0.15) is 5.15 Å². The standard InChI is InChI=1S/C15H16BrClN2O/c1-3-5-12-13(16)14(17)19-15(18-12)11-7-4-6-10(8-11)9-20-2/h4,6-8H,3,5,9H2,1-2H3. The maximum atomic E-state index is 6.18. The van der Waals surface area contributed by atoms with E-state index in [0.29, 0.717) is 17.6 Å². The van der Waals surface area contributed by atoms with Gasteiger partial charge in [-0.15, -0.1) is 0 Å². The molecule has 1 aromatic heterocycles. The summed E-state index contributed by atoms with van der Waals surface area (Å²) in [7, 11) is 1.68. The Morgan fingerprint density at radius 1 is 1.30 bits per heavy atom. The van der Waals surface area contributed by atoms with Crippen LogP contribution in [0.2, 0.25) is 5.15 Å². The Bertz CT molecular complexity index is 604. The van der Waals surface area contributed by atoms with Crippen LogP contribution >= 0.6 is 27.5 Å². The van der Waals surface area contributed by atoms with Crippen LogP contribution < -0.4 is 0 Å². The molecule has 0 unspecified atom stereocenters. The summed E-state index contributed by atoms with van der Waals surface area (Å²) in [5, 5.41) is 0.454. The molecule has 0 amide bonds. The van der Waals surface area contributed by atoms with E-state index in [1.165, 1.54) is 0 Å². The second-order valence-electron chi connectivity index (χ2n) is 4.48. The Hall–Kier alpha value is -0.970. The number of aryl methyl sites for hydroxylation is 1. The minimum absolute atomic E-state index is 0.454. The molecule has 0 saturated carbocycles. The van der Waals surface area contributed by atoms with Gasteiger partial charge in [-0.05, 0) is 34.0 Å². The van der Waals surface area contributed by atoms with Crippen LogP contribution in [-0.4, -0.2) is 17.1 Å². The summed E-state index contributed by atoms with van der Waals surface area (Å²) < 4.78 is 5.94. The van der Waals surface area contributed by atoms with Crippen LogP contribution in [0.5, 0.6) is 0 Å². The lowest BCUT2D eigenvalue weighted by Gasteiger charge is -2.08. The highest BCUT2D eigenvalue weighted by molar-refractivity contribution is 9.10. The van der Waals surface area contributed by atoms with Gasteiger partial charge in [0, 0.05) is 12.7 Å². The Morgan fingerprint density at radius 2 is 2.10 bits per heavy atom. The van der Waals surface area contributed by atoms with E-state index in [-0.39, 0.29) is 0 Å². The highest BCUT2D eigenvalue weighted by Crippen LogP contribution is 2.28. The molecule has 0 aliphatic heterocycles. The van der Waals surface area contributed by atoms with Crippen molar-refractivity contribution in [2.45, 2.75) is 26.4 Å². The highest BCUT2D eigenvalue weighted by Gasteiger charge is 2.11. The van der Waals surface area contributed by atoms with Gasteiger partial charge in [0.05, 0.1) is 16.8 Å². The summed E-state index contributed by atoms with van der Waals surface area (Å²) in [4.78, 5) is 8.96. The van der Waals surface area contributed by atoms with Gasteiger partial charge in [-0.1, -0.05) is 43.1 Å². The Kier molecular flexibility index (Phi) is 5.52. The van der Waals surface area contributed by atoms with Crippen LogP contribution in [0.4, 0.5) is 0 Å². The van der Waals surface area contributed by atoms with Crippen molar-refractivity contribution in [3.05, 3.63) is 45.1 Å². The lowest BCUT2D eigenvalue weighted by atomic mass is 10.1. The smallest absolute Gasteiger partial charge is 0.161 e. The largest absolute Gasteiger partial charge is 0.380 e. The average Bonchev–Trinajstić information content (AvgIpc) is 2.44. The molecule has 2 aromatic rings. The molecule has 0 bridgehead atoms. The summed E-state index contributed by atoms with van der Waals surface area (Å²) in [5.41, 5.74) is 2.98. The van der Waals surface area contributed by atoms with Gasteiger partial charge >= 0.3 is 0 Å². The van der Waals surface area contributed by atoms with Crippen molar-refractivity contribution in [1.82, 2.24) is 9.97 Å². The van der Waals surface area contributed by atoms with Crippen LogP contribution in [0, 0.1) is 0 Å². The number of methoxy groups -OCH3 is 1. The van der Waals surface area contributed by atoms with Crippen LogP contribution in [0.3, 0.4) is 0 Å². The fourth-order valence-electron chi connectivity index (χ4n) is 1.96. The van der Waals surface area contributed by atoms with E-state index < -0.39 is 0 Å². The molecule has 1 aromatic carbocycles. The molecule has 0 aliphatic carbocycles. The second kappa shape index (κ2) is 7.16. The summed E-state index contributed by atoms with van der Waals surface area (Å²) >= 11 is 9.63. The molecule has 3 nitrogen and oxygen atoms in total. The zero-order valence-corrected chi connectivity index (χ0v) is 13.8. The minimum Gasteiger partial charge on any atom is -0.380 e. The Labute approximate surface area is 132 Å². The van der Waals surface area contributed by atoms with E-state index in [1.807, 2.05) is 24.3 Å². The number of aromatic nitrogens is 2. The third kappa shape index (κ3) is 3.57. The number of nitrogens with zero attached hydrogens (tertiary/aromatic N) is 2. The van der Waals surface area contributed by atoms with Crippen LogP contribution in [-0.2, 0) is 17.8 Å². The fraction of sp³-hybridized carbons (Fsp3) is 0.333. The monoisotopic (exact) mass is 354 g/mol. The molecule has 0 radical (unpaired) electrons. The Balaban J connectivity index is 2.44. The molecule has 0 N–H and O–H groups in total. The summed E-state index contributed by atoms with van der Waals surface area (Å²) in [5.74, 6) is 0.652. The van der Waals surface area contributed by atoms with Crippen LogP contribution in [0.1, 0.15) is 24.6 Å². The summed E-state index contributed by atoms with van der Waals surface area (Å²) in [6.07, 6.45) is 1.88. The van der Waals surface area contributed by atoms with Crippen molar-refractivity contribution in [1.29, 1.82) is 0 Å². The van der Waals surface area contributed by atoms with E-state index in [1.54, 1.807) is 7.11 Å². The first-order valence-corrected chi connectivity index (χ1v) is 7.63. The number of rotatable bonds is 5. The van der Waals surface area contributed by atoms with Gasteiger partial charge in [0.2, 0.25) is 0 Å². The number of halogens is 2. The summed E-state index contributed by atoms with van der Waals surface area (Å²) in [6, 6.07) is 8.00. The molecule has 0 saturated heterocycles. The molecule has 0 atom stereocenters. The number of benzene rings is 1. The zero-order valence-electron chi connectivity index (χ0n) is 11.5. The third-order valence-electron chi connectivity index (χ3n) is 2.86. The van der Waals surface area contributed by atoms with Crippen molar-refractivity contribution in [3.63, 3.8) is 0 Å². The molecule has 106 valence electrons. The van der Waals surface area contributed by atoms with E-state index in [0.717, 1.165) is 34.1 Å². The van der Waals surface area contributed by atoms with E-state index in [4.69, 9.17) is 16.3 Å². The minimum atomic E-state index is 0.454. The topological polar surface area (TPSA) is 35.0 Å². The van der Waals surface area contributed by atoms with Gasteiger partial charge in [0.15, 0.2) is 5.82 Å². The van der Waals surface area contributed by atoms with Crippen molar-refractivity contribution >= 4 is 27.5 Å². The predicted octanol–water partition coefficient (Wildman–Crippen LogP) is 4.66. The SMILES string of the molecule is CCCc1nc(-c2cccc(COC)c2)nc(Cl)c1Br. The van der Waals surface area contributed by atoms with Crippen molar-refractivity contribution in [2.24, 2.45) is 0 Å². The lowest BCUT2D eigenvalue weighted by molar-refractivity contribution is 0.185. The number of ether oxygens (including phenoxy) is 1. The molecule has 5 heteroatoms. The average molecular weight is 356 g/mol. The van der Waals surface area contributed by atoms with Gasteiger partial charge in [-0.3, -0.25) is 0 Å². The molecular formula is C15H16BrClN2O. The molecule has 0 fully saturated rings. The number of hydrogen-bond acceptors (Lipinski definition) is 3. The third-order valence-corrected chi connectivity index (χ3v) is 4.20. The van der Waals surface area contributed by atoms with Gasteiger partial charge in [-0.2, -0.15) is 0 Å². The maximum absolute atomic E-state index is 6.18. The van der Waals surface area contributed by atoms with Gasteiger partial charge in [0.25, 0.3) is 0 Å². The second-order valence-corrected chi connectivity index (χ2v) is 5.63. The lowest BCUT2D eigenvalue weighted by Crippen LogP contribution is -1.99. The first kappa shape index (κ1) is 15.4. The molecule has 1 heterocycles. The van der Waals surface area contributed by atoms with Crippen molar-refractivity contribution < 1.29 is 4.74 Å². The van der Waals surface area contributed by atoms with E-state index in [9.17, 15) is 0 Å². The molecule has 20 heavy (non-hydrogen) atoms. The first-order valence-electron chi connectivity index (χ1n) is 6.45. The summed E-state index contributed by atoms with van der Waals surface area (Å²) in [6.45, 7) is 2.68. The van der Waals surface area contributed by atoms with Gasteiger partial charge < -0.3 is 4.74 Å². The molecule has 0 spiro atoms. The molecule has 2 rings (SSSR count). The Morgan fingerprint density at radius 3 is 2.80 bits per heavy atom. The van der Waals surface area contributed by atoms with Crippen molar-refractivity contribution in [2.75, 3.05) is 7.11 Å². The maximum Gasteiger partial charge on any atom is 0.161 e. The number of hydrogen-bond donors (Lipinski definition) is 0. The molecular weight excluding hydrogens is 340 g/mol. The van der Waals surface area contributed by atoms with Crippen LogP contribution in [0.25, 0.3) is 11.4 Å². The normalized spacial score (nSPS) is 10.8. The first-order chi connectivity index (χ1) is 9.65. The van der Waals surface area contributed by atoms with Crippen LogP contribution in [0.15, 0.2) is 28.7 Å². The fourth-order valence-corrected chi connectivity index (χ4v) is 2.53. The predicted molar refractivity (Wildman–Crippen MR) is 84.9 cm³/mol. The van der Waals surface area contributed by atoms with E-state index in [2.05, 4.69) is 32.8 Å². The quantitative estimate of drug-likeness (QED) is 0.732. The molecule has 0 aliphatic rings. The van der Waals surface area contributed by atoms with Gasteiger partial charge in [-0.25, -0.2) is 9.97 Å². The van der Waals surface area contributed by atoms with Crippen molar-refractivity contribution in [3.8, 4) is 11.4 Å². The van der Waals surface area contributed by atoms with E-state index >= 15 is 0 Å².